The van der Waals surface area contributed by atoms with Crippen LogP contribution in [0.5, 0.6) is 0 Å². The van der Waals surface area contributed by atoms with E-state index in [2.05, 4.69) is 20.9 Å². The lowest BCUT2D eigenvalue weighted by Crippen LogP contribution is -2.32. The third-order valence-electron chi connectivity index (χ3n) is 2.83. The molecule has 17 heavy (non-hydrogen) atoms. The van der Waals surface area contributed by atoms with E-state index in [1.165, 1.54) is 10.5 Å². The minimum atomic E-state index is -3.39. The van der Waals surface area contributed by atoms with E-state index in [1.54, 1.807) is 12.3 Å². The summed E-state index contributed by atoms with van der Waals surface area (Å²) in [5.74, 6) is 0.546. The summed E-state index contributed by atoms with van der Waals surface area (Å²) in [6.07, 6.45) is 5.26. The van der Waals surface area contributed by atoms with Gasteiger partial charge in [-0.15, -0.1) is 0 Å². The molecule has 0 aliphatic heterocycles. The lowest BCUT2D eigenvalue weighted by molar-refractivity contribution is 0.412. The van der Waals surface area contributed by atoms with Crippen LogP contribution >= 0.6 is 15.9 Å². The van der Waals surface area contributed by atoms with Crippen molar-refractivity contribution in [3.63, 3.8) is 0 Å². The SMILES string of the molecule is CCN(CC1CC1)S(=O)(=O)c1cncc(Br)c1. The van der Waals surface area contributed by atoms with Crippen LogP contribution in [0.1, 0.15) is 19.8 Å². The predicted molar refractivity (Wildman–Crippen MR) is 69.1 cm³/mol. The van der Waals surface area contributed by atoms with Crippen molar-refractivity contribution >= 4 is 26.0 Å². The highest BCUT2D eigenvalue weighted by Crippen LogP contribution is 2.31. The summed E-state index contributed by atoms with van der Waals surface area (Å²) in [6, 6.07) is 1.60. The van der Waals surface area contributed by atoms with E-state index in [9.17, 15) is 8.42 Å². The van der Waals surface area contributed by atoms with Crippen LogP contribution in [0.25, 0.3) is 0 Å². The van der Waals surface area contributed by atoms with Gasteiger partial charge in [-0.2, -0.15) is 4.31 Å². The molecule has 1 aliphatic rings. The molecule has 0 bridgehead atoms. The number of aromatic nitrogens is 1. The number of pyridine rings is 1. The highest BCUT2D eigenvalue weighted by Gasteiger charge is 2.30. The molecule has 6 heteroatoms. The van der Waals surface area contributed by atoms with Gasteiger partial charge in [0.2, 0.25) is 10.0 Å². The monoisotopic (exact) mass is 318 g/mol. The number of nitrogens with zero attached hydrogens (tertiary/aromatic N) is 2. The van der Waals surface area contributed by atoms with Crippen LogP contribution < -0.4 is 0 Å². The van der Waals surface area contributed by atoms with Gasteiger partial charge >= 0.3 is 0 Å². The third kappa shape index (κ3) is 3.05. The molecule has 0 N–H and O–H groups in total. The number of halogens is 1. The van der Waals surface area contributed by atoms with Crippen LogP contribution in [0, 0.1) is 5.92 Å². The van der Waals surface area contributed by atoms with Gasteiger partial charge in [0.15, 0.2) is 0 Å². The molecule has 1 aromatic rings. The van der Waals surface area contributed by atoms with Gasteiger partial charge in [0.25, 0.3) is 0 Å². The van der Waals surface area contributed by atoms with E-state index in [0.29, 0.717) is 23.5 Å². The summed E-state index contributed by atoms with van der Waals surface area (Å²) in [5, 5.41) is 0. The fourth-order valence-corrected chi connectivity index (χ4v) is 3.70. The zero-order chi connectivity index (χ0) is 12.5. The second kappa shape index (κ2) is 5.04. The smallest absolute Gasteiger partial charge is 0.244 e. The Morgan fingerprint density at radius 1 is 1.47 bits per heavy atom. The molecule has 0 saturated heterocycles. The minimum Gasteiger partial charge on any atom is -0.262 e. The lowest BCUT2D eigenvalue weighted by atomic mass is 10.4. The van der Waals surface area contributed by atoms with Crippen LogP contribution in [0.2, 0.25) is 0 Å². The number of rotatable bonds is 5. The Labute approximate surface area is 110 Å². The molecule has 0 amide bonds. The molecule has 1 heterocycles. The third-order valence-corrected chi connectivity index (χ3v) is 5.17. The van der Waals surface area contributed by atoms with Crippen molar-refractivity contribution in [2.75, 3.05) is 13.1 Å². The molecule has 0 aromatic carbocycles. The Balaban J connectivity index is 2.26. The molecule has 1 fully saturated rings. The second-order valence-electron chi connectivity index (χ2n) is 4.24. The Hall–Kier alpha value is -0.460. The van der Waals surface area contributed by atoms with Crippen LogP contribution in [0.3, 0.4) is 0 Å². The maximum absolute atomic E-state index is 12.3. The van der Waals surface area contributed by atoms with E-state index in [1.807, 2.05) is 6.92 Å². The predicted octanol–water partition coefficient (Wildman–Crippen LogP) is 2.26. The van der Waals surface area contributed by atoms with Gasteiger partial charge in [-0.1, -0.05) is 6.92 Å². The summed E-state index contributed by atoms with van der Waals surface area (Å²) in [4.78, 5) is 4.17. The highest BCUT2D eigenvalue weighted by molar-refractivity contribution is 9.10. The first-order valence-corrected chi connectivity index (χ1v) is 7.88. The van der Waals surface area contributed by atoms with Gasteiger partial charge in [-0.3, -0.25) is 4.98 Å². The van der Waals surface area contributed by atoms with Crippen LogP contribution in [0.15, 0.2) is 27.8 Å². The first-order chi connectivity index (χ1) is 8.04. The lowest BCUT2D eigenvalue weighted by Gasteiger charge is -2.20. The van der Waals surface area contributed by atoms with Gasteiger partial charge in [0.1, 0.15) is 4.90 Å². The molecule has 0 spiro atoms. The number of sulfonamides is 1. The highest BCUT2D eigenvalue weighted by atomic mass is 79.9. The van der Waals surface area contributed by atoms with E-state index < -0.39 is 10.0 Å². The van der Waals surface area contributed by atoms with E-state index in [-0.39, 0.29) is 4.90 Å². The fraction of sp³-hybridized carbons (Fsp3) is 0.545. The van der Waals surface area contributed by atoms with E-state index >= 15 is 0 Å². The average molecular weight is 319 g/mol. The van der Waals surface area contributed by atoms with Crippen molar-refractivity contribution in [1.29, 1.82) is 0 Å². The fourth-order valence-electron chi connectivity index (χ4n) is 1.67. The van der Waals surface area contributed by atoms with Crippen molar-refractivity contribution in [3.8, 4) is 0 Å². The van der Waals surface area contributed by atoms with Crippen molar-refractivity contribution in [3.05, 3.63) is 22.9 Å². The summed E-state index contributed by atoms with van der Waals surface area (Å²) in [6.45, 7) is 3.00. The van der Waals surface area contributed by atoms with Gasteiger partial charge in [0.05, 0.1) is 0 Å². The number of hydrogen-bond donors (Lipinski definition) is 0. The Morgan fingerprint density at radius 2 is 2.18 bits per heavy atom. The average Bonchev–Trinajstić information content (AvgIpc) is 3.09. The molecule has 4 nitrogen and oxygen atoms in total. The topological polar surface area (TPSA) is 50.3 Å². The summed E-state index contributed by atoms with van der Waals surface area (Å²) in [7, 11) is -3.39. The quantitative estimate of drug-likeness (QED) is 0.836. The largest absolute Gasteiger partial charge is 0.262 e. The maximum Gasteiger partial charge on any atom is 0.244 e. The molecule has 1 saturated carbocycles. The zero-order valence-electron chi connectivity index (χ0n) is 9.63. The van der Waals surface area contributed by atoms with Crippen molar-refractivity contribution < 1.29 is 8.42 Å². The van der Waals surface area contributed by atoms with Crippen molar-refractivity contribution in [2.45, 2.75) is 24.7 Å². The standard InChI is InChI=1S/C11H15BrN2O2S/c1-2-14(8-9-3-4-9)17(15,16)11-5-10(12)6-13-7-11/h5-7,9H,2-4,8H2,1H3. The molecule has 0 atom stereocenters. The normalized spacial score (nSPS) is 16.4. The second-order valence-corrected chi connectivity index (χ2v) is 7.09. The summed E-state index contributed by atoms with van der Waals surface area (Å²) < 4.78 is 26.9. The van der Waals surface area contributed by atoms with Gasteiger partial charge in [0, 0.05) is 30.0 Å². The Bertz CT molecular complexity index is 500. The summed E-state index contributed by atoms with van der Waals surface area (Å²) in [5.41, 5.74) is 0. The van der Waals surface area contributed by atoms with Crippen molar-refractivity contribution in [2.24, 2.45) is 5.92 Å². The Kier molecular flexibility index (Phi) is 3.85. The van der Waals surface area contributed by atoms with Crippen LogP contribution in [0.4, 0.5) is 0 Å². The molecule has 0 unspecified atom stereocenters. The molecule has 94 valence electrons. The van der Waals surface area contributed by atoms with Gasteiger partial charge in [-0.25, -0.2) is 8.42 Å². The zero-order valence-corrected chi connectivity index (χ0v) is 12.0. The van der Waals surface area contributed by atoms with Crippen molar-refractivity contribution in [1.82, 2.24) is 9.29 Å². The summed E-state index contributed by atoms with van der Waals surface area (Å²) >= 11 is 3.24. The molecule has 2 rings (SSSR count). The van der Waals surface area contributed by atoms with Gasteiger partial charge in [-0.05, 0) is 40.8 Å². The minimum absolute atomic E-state index is 0.259. The molecule has 1 aromatic heterocycles. The Morgan fingerprint density at radius 3 is 2.71 bits per heavy atom. The molecule has 1 aliphatic carbocycles. The van der Waals surface area contributed by atoms with E-state index in [0.717, 1.165) is 12.8 Å². The molecule has 0 radical (unpaired) electrons. The van der Waals surface area contributed by atoms with E-state index in [4.69, 9.17) is 0 Å². The maximum atomic E-state index is 12.3. The first-order valence-electron chi connectivity index (χ1n) is 5.64. The van der Waals surface area contributed by atoms with Crippen LogP contribution in [-0.4, -0.2) is 30.8 Å². The molecular formula is C11H15BrN2O2S. The van der Waals surface area contributed by atoms with Gasteiger partial charge < -0.3 is 0 Å². The van der Waals surface area contributed by atoms with Crippen LogP contribution in [-0.2, 0) is 10.0 Å². The first kappa shape index (κ1) is 13.0. The number of hydrogen-bond acceptors (Lipinski definition) is 3. The molecular weight excluding hydrogens is 304 g/mol.